The van der Waals surface area contributed by atoms with E-state index < -0.39 is 8.31 Å². The lowest BCUT2D eigenvalue weighted by molar-refractivity contribution is 0.0918. The lowest BCUT2D eigenvalue weighted by Crippen LogP contribution is -2.33. The van der Waals surface area contributed by atoms with Gasteiger partial charge in [-0.05, 0) is 6.92 Å². The summed E-state index contributed by atoms with van der Waals surface area (Å²) in [5.41, 5.74) is 0. The van der Waals surface area contributed by atoms with E-state index in [-0.39, 0.29) is 6.61 Å². The van der Waals surface area contributed by atoms with Crippen molar-refractivity contribution in [3.63, 3.8) is 0 Å². The van der Waals surface area contributed by atoms with E-state index in [1.54, 1.807) is 6.92 Å². The molecule has 0 heterocycles. The summed E-state index contributed by atoms with van der Waals surface area (Å²) in [4.78, 5) is 0. The first-order valence-corrected chi connectivity index (χ1v) is 4.28. The molecule has 0 atom stereocenters. The predicted molar refractivity (Wildman–Crippen MR) is 46.4 cm³/mol. The maximum atomic E-state index is 5.46. The van der Waals surface area contributed by atoms with Gasteiger partial charge in [0.1, 0.15) is 0 Å². The molecule has 0 saturated heterocycles. The minimum Gasteiger partial charge on any atom is -0.344 e. The normalized spacial score (nSPS) is 13.8. The highest BCUT2D eigenvalue weighted by atomic mass is 35.6. The molecule has 0 aromatic carbocycles. The van der Waals surface area contributed by atoms with Gasteiger partial charge in [-0.25, -0.2) is 0 Å². The van der Waals surface area contributed by atoms with Gasteiger partial charge < -0.3 is 4.74 Å². The Balaban J connectivity index is 4.10. The summed E-state index contributed by atoms with van der Waals surface area (Å²) in [6, 6.07) is 0. The fourth-order valence-electron chi connectivity index (χ4n) is 0.263. The van der Waals surface area contributed by atoms with E-state index in [9.17, 15) is 0 Å². The van der Waals surface area contributed by atoms with E-state index in [0.717, 1.165) is 0 Å². The highest BCUT2D eigenvalue weighted by Gasteiger charge is 2.46. The highest BCUT2D eigenvalue weighted by molar-refractivity contribution is 6.75. The molecule has 0 spiro atoms. The SMILES string of the molecule is CCOC(Cl)(Cl)C(Cl)(Cl)Cl. The van der Waals surface area contributed by atoms with Crippen LogP contribution in [-0.4, -0.2) is 14.9 Å². The van der Waals surface area contributed by atoms with E-state index >= 15 is 0 Å². The molecule has 0 aliphatic carbocycles. The van der Waals surface area contributed by atoms with Gasteiger partial charge in [0, 0.05) is 6.61 Å². The van der Waals surface area contributed by atoms with Crippen LogP contribution in [0.2, 0.25) is 0 Å². The van der Waals surface area contributed by atoms with Crippen molar-refractivity contribution in [2.45, 2.75) is 15.2 Å². The Labute approximate surface area is 84.5 Å². The monoisotopic (exact) mass is 244 g/mol. The smallest absolute Gasteiger partial charge is 0.265 e. The van der Waals surface area contributed by atoms with Crippen molar-refractivity contribution in [3.8, 4) is 0 Å². The van der Waals surface area contributed by atoms with Gasteiger partial charge in [-0.1, -0.05) is 58.0 Å². The summed E-state index contributed by atoms with van der Waals surface area (Å²) >= 11 is 27.0. The van der Waals surface area contributed by atoms with E-state index in [0.29, 0.717) is 0 Å². The largest absolute Gasteiger partial charge is 0.344 e. The van der Waals surface area contributed by atoms with E-state index in [1.807, 2.05) is 0 Å². The third kappa shape index (κ3) is 3.21. The molecule has 0 aromatic heterocycles. The van der Waals surface area contributed by atoms with E-state index in [4.69, 9.17) is 62.7 Å². The van der Waals surface area contributed by atoms with Crippen molar-refractivity contribution in [1.29, 1.82) is 0 Å². The van der Waals surface area contributed by atoms with Crippen LogP contribution in [0.4, 0.5) is 0 Å². The summed E-state index contributed by atoms with van der Waals surface area (Å²) in [5, 5.41) is 0. The molecule has 0 unspecified atom stereocenters. The first-order valence-electron chi connectivity index (χ1n) is 2.39. The van der Waals surface area contributed by atoms with Crippen molar-refractivity contribution in [3.05, 3.63) is 0 Å². The van der Waals surface area contributed by atoms with Gasteiger partial charge in [-0.15, -0.1) is 0 Å². The Bertz CT molecular complexity index is 107. The molecule has 1 nitrogen and oxygen atoms in total. The zero-order valence-corrected chi connectivity index (χ0v) is 8.78. The minimum absolute atomic E-state index is 0.279. The summed E-state index contributed by atoms with van der Waals surface area (Å²) in [6.45, 7) is 1.97. The highest BCUT2D eigenvalue weighted by Crippen LogP contribution is 2.46. The van der Waals surface area contributed by atoms with Gasteiger partial charge in [-0.2, -0.15) is 0 Å². The van der Waals surface area contributed by atoms with Crippen LogP contribution in [0.25, 0.3) is 0 Å². The van der Waals surface area contributed by atoms with Gasteiger partial charge in [0.2, 0.25) is 3.79 Å². The molecule has 0 bridgehead atoms. The zero-order chi connectivity index (χ0) is 8.41. The second-order valence-corrected chi connectivity index (χ2v) is 4.99. The molecule has 0 fully saturated rings. The summed E-state index contributed by atoms with van der Waals surface area (Å²) in [7, 11) is 0. The Morgan fingerprint density at radius 3 is 1.60 bits per heavy atom. The number of hydrogen-bond donors (Lipinski definition) is 0. The number of rotatable bonds is 2. The van der Waals surface area contributed by atoms with Crippen LogP contribution in [-0.2, 0) is 4.74 Å². The van der Waals surface area contributed by atoms with Gasteiger partial charge in [0.25, 0.3) is 4.52 Å². The second kappa shape index (κ2) is 3.88. The van der Waals surface area contributed by atoms with Gasteiger partial charge in [0.15, 0.2) is 0 Å². The third-order valence-electron chi connectivity index (χ3n) is 0.656. The number of ether oxygens (including phenoxy) is 1. The Morgan fingerprint density at radius 1 is 1.10 bits per heavy atom. The maximum Gasteiger partial charge on any atom is 0.265 e. The van der Waals surface area contributed by atoms with Gasteiger partial charge in [-0.3, -0.25) is 0 Å². The fraction of sp³-hybridized carbons (Fsp3) is 1.00. The van der Waals surface area contributed by atoms with Crippen LogP contribution in [0.1, 0.15) is 6.92 Å². The molecular formula is C4H5Cl5O. The van der Waals surface area contributed by atoms with Crippen molar-refractivity contribution >= 4 is 58.0 Å². The van der Waals surface area contributed by atoms with Crippen molar-refractivity contribution in [1.82, 2.24) is 0 Å². The van der Waals surface area contributed by atoms with Crippen LogP contribution < -0.4 is 0 Å². The van der Waals surface area contributed by atoms with Gasteiger partial charge >= 0.3 is 0 Å². The molecule has 0 rings (SSSR count). The van der Waals surface area contributed by atoms with Crippen LogP contribution in [0.15, 0.2) is 0 Å². The molecule has 0 aliphatic rings. The molecule has 10 heavy (non-hydrogen) atoms. The van der Waals surface area contributed by atoms with Crippen molar-refractivity contribution in [2.24, 2.45) is 0 Å². The number of alkyl halides is 5. The number of halogens is 5. The third-order valence-corrected chi connectivity index (χ3v) is 2.82. The van der Waals surface area contributed by atoms with Crippen molar-refractivity contribution in [2.75, 3.05) is 6.61 Å². The van der Waals surface area contributed by atoms with Crippen LogP contribution in [0, 0.1) is 0 Å². The Hall–Kier alpha value is 1.41. The van der Waals surface area contributed by atoms with Crippen LogP contribution >= 0.6 is 58.0 Å². The molecule has 0 radical (unpaired) electrons. The molecule has 6 heteroatoms. The van der Waals surface area contributed by atoms with Crippen LogP contribution in [0.5, 0.6) is 0 Å². The molecule has 0 saturated carbocycles. The Kier molecular flexibility index (Phi) is 4.43. The van der Waals surface area contributed by atoms with Gasteiger partial charge in [0.05, 0.1) is 0 Å². The molecular weight excluding hydrogens is 241 g/mol. The standard InChI is InChI=1S/C4H5Cl5O/c1-2-10-4(8,9)3(5,6)7/h2H2,1H3. The molecule has 0 amide bonds. The van der Waals surface area contributed by atoms with E-state index in [1.165, 1.54) is 0 Å². The van der Waals surface area contributed by atoms with Crippen molar-refractivity contribution < 1.29 is 4.74 Å². The summed E-state index contributed by atoms with van der Waals surface area (Å²) in [6.07, 6.45) is 0. The van der Waals surface area contributed by atoms with E-state index in [2.05, 4.69) is 0 Å². The maximum absolute atomic E-state index is 5.46. The molecule has 0 aromatic rings. The fourth-order valence-corrected chi connectivity index (χ4v) is 0.645. The Morgan fingerprint density at radius 2 is 1.50 bits per heavy atom. The quantitative estimate of drug-likeness (QED) is 0.677. The summed E-state index contributed by atoms with van der Waals surface area (Å²) in [5.74, 6) is 0. The zero-order valence-electron chi connectivity index (χ0n) is 5.01. The lowest BCUT2D eigenvalue weighted by Gasteiger charge is -2.26. The molecule has 0 aliphatic heterocycles. The van der Waals surface area contributed by atoms with Crippen LogP contribution in [0.3, 0.4) is 0 Å². The lowest BCUT2D eigenvalue weighted by atomic mass is 10.7. The first-order chi connectivity index (χ1) is 4.31. The average molecular weight is 246 g/mol. The molecule has 0 N–H and O–H groups in total. The average Bonchev–Trinajstić information content (AvgIpc) is 1.61. The molecule has 62 valence electrons. The first kappa shape index (κ1) is 11.4. The topological polar surface area (TPSA) is 9.23 Å². The predicted octanol–water partition coefficient (Wildman–Crippen LogP) is 3.52. The number of hydrogen-bond acceptors (Lipinski definition) is 1. The second-order valence-electron chi connectivity index (χ2n) is 1.45. The minimum atomic E-state index is -1.83. The summed E-state index contributed by atoms with van der Waals surface area (Å²) < 4.78 is 1.13.